The van der Waals surface area contributed by atoms with Crippen molar-refractivity contribution in [2.45, 2.75) is 103 Å². The third-order valence-corrected chi connectivity index (χ3v) is 5.85. The maximum Gasteiger partial charge on any atom is 0.411 e. The topological polar surface area (TPSA) is 59.1 Å². The van der Waals surface area contributed by atoms with Crippen LogP contribution in [0.4, 0.5) is 4.79 Å². The number of hydrogen-bond acceptors (Lipinski definition) is 4. The number of carbonyl (C=O) groups excluding carboxylic acids is 2. The zero-order valence-corrected chi connectivity index (χ0v) is 17.8. The fourth-order valence-corrected chi connectivity index (χ4v) is 4.47. The minimum Gasteiger partial charge on any atom is -0.444 e. The second-order valence-electron chi connectivity index (χ2n) is 9.03. The molecule has 0 unspecified atom stereocenters. The molecular weight excluding hydrogens is 344 g/mol. The van der Waals surface area contributed by atoms with Gasteiger partial charge in [0, 0.05) is 13.1 Å². The Kier molecular flexibility index (Phi) is 7.95. The quantitative estimate of drug-likeness (QED) is 0.673. The van der Waals surface area contributed by atoms with Gasteiger partial charge in [-0.25, -0.2) is 9.86 Å². The van der Waals surface area contributed by atoms with Crippen molar-refractivity contribution < 1.29 is 19.2 Å². The summed E-state index contributed by atoms with van der Waals surface area (Å²) < 4.78 is 5.69. The summed E-state index contributed by atoms with van der Waals surface area (Å²) in [5.74, 6) is 0.273. The third-order valence-electron chi connectivity index (χ3n) is 5.85. The molecule has 0 N–H and O–H groups in total. The Labute approximate surface area is 164 Å². The standard InChI is InChI=1S/C21H38N2O4/c1-21(2,3)27-20(25)23-17(14-15-18(23)19(24)22(4)26-5)16-12-10-8-6-7-9-11-13-16/h16-18H,6-15H2,1-5H3/t17-,18+/m0/s1. The predicted molar refractivity (Wildman–Crippen MR) is 105 cm³/mol. The Morgan fingerprint density at radius 1 is 0.926 bits per heavy atom. The molecule has 27 heavy (non-hydrogen) atoms. The van der Waals surface area contributed by atoms with Gasteiger partial charge in [0.05, 0.1) is 7.11 Å². The normalized spacial score (nSPS) is 25.4. The van der Waals surface area contributed by atoms with E-state index >= 15 is 0 Å². The van der Waals surface area contributed by atoms with E-state index in [1.807, 2.05) is 20.8 Å². The summed E-state index contributed by atoms with van der Waals surface area (Å²) in [6, 6.07) is -0.417. The van der Waals surface area contributed by atoms with E-state index in [2.05, 4.69) is 0 Å². The van der Waals surface area contributed by atoms with Gasteiger partial charge in [-0.2, -0.15) is 0 Å². The highest BCUT2D eigenvalue weighted by atomic mass is 16.7. The second kappa shape index (κ2) is 9.76. The highest BCUT2D eigenvalue weighted by molar-refractivity contribution is 5.85. The summed E-state index contributed by atoms with van der Waals surface area (Å²) in [4.78, 5) is 32.7. The lowest BCUT2D eigenvalue weighted by Crippen LogP contribution is -2.52. The summed E-state index contributed by atoms with van der Waals surface area (Å²) in [5.41, 5.74) is -0.580. The minimum absolute atomic E-state index is 0.0807. The number of likely N-dealkylation sites (N-methyl/N-ethyl adjacent to an activating group) is 1. The van der Waals surface area contributed by atoms with E-state index in [-0.39, 0.29) is 18.0 Å². The molecule has 2 amide bonds. The van der Waals surface area contributed by atoms with Crippen LogP contribution in [0.1, 0.15) is 85.0 Å². The van der Waals surface area contributed by atoms with Gasteiger partial charge in [-0.3, -0.25) is 14.5 Å². The Morgan fingerprint density at radius 3 is 2.00 bits per heavy atom. The summed E-state index contributed by atoms with van der Waals surface area (Å²) in [5, 5.41) is 1.23. The smallest absolute Gasteiger partial charge is 0.411 e. The van der Waals surface area contributed by atoms with Gasteiger partial charge < -0.3 is 4.74 Å². The monoisotopic (exact) mass is 382 g/mol. The van der Waals surface area contributed by atoms with Crippen molar-refractivity contribution in [3.8, 4) is 0 Å². The van der Waals surface area contributed by atoms with Gasteiger partial charge >= 0.3 is 6.09 Å². The molecule has 0 spiro atoms. The molecule has 1 saturated heterocycles. The number of likely N-dealkylation sites (tertiary alicyclic amines) is 1. The molecule has 0 bridgehead atoms. The molecule has 6 heteroatoms. The van der Waals surface area contributed by atoms with Gasteiger partial charge in [-0.05, 0) is 52.4 Å². The fourth-order valence-electron chi connectivity index (χ4n) is 4.47. The van der Waals surface area contributed by atoms with E-state index in [9.17, 15) is 9.59 Å². The molecule has 2 rings (SSSR count). The molecule has 1 heterocycles. The summed E-state index contributed by atoms with van der Waals surface area (Å²) in [6.07, 6.45) is 11.0. The largest absolute Gasteiger partial charge is 0.444 e. The fraction of sp³-hybridized carbons (Fsp3) is 0.905. The minimum atomic E-state index is -0.580. The lowest BCUT2D eigenvalue weighted by molar-refractivity contribution is -0.174. The summed E-state index contributed by atoms with van der Waals surface area (Å²) in [7, 11) is 3.07. The van der Waals surface area contributed by atoms with Gasteiger partial charge in [0.15, 0.2) is 0 Å². The van der Waals surface area contributed by atoms with Gasteiger partial charge in [0.2, 0.25) is 0 Å². The first kappa shape index (κ1) is 22.0. The van der Waals surface area contributed by atoms with Crippen molar-refractivity contribution in [3.63, 3.8) is 0 Å². The molecule has 6 nitrogen and oxygen atoms in total. The zero-order valence-electron chi connectivity index (χ0n) is 17.8. The molecule has 1 aliphatic carbocycles. The van der Waals surface area contributed by atoms with Crippen LogP contribution in [0.5, 0.6) is 0 Å². The lowest BCUT2D eigenvalue weighted by Gasteiger charge is -2.36. The van der Waals surface area contributed by atoms with E-state index in [0.29, 0.717) is 12.3 Å². The molecule has 2 aliphatic rings. The van der Waals surface area contributed by atoms with Crippen LogP contribution in [-0.2, 0) is 14.4 Å². The van der Waals surface area contributed by atoms with Crippen LogP contribution < -0.4 is 0 Å². The molecule has 0 aromatic rings. The molecule has 0 radical (unpaired) electrons. The third kappa shape index (κ3) is 6.09. The molecule has 156 valence electrons. The number of carbonyl (C=O) groups is 2. The molecule has 1 aliphatic heterocycles. The predicted octanol–water partition coefficient (Wildman–Crippen LogP) is 4.52. The van der Waals surface area contributed by atoms with Crippen LogP contribution >= 0.6 is 0 Å². The highest BCUT2D eigenvalue weighted by Gasteiger charge is 2.46. The van der Waals surface area contributed by atoms with Crippen molar-refractivity contribution in [2.75, 3.05) is 14.2 Å². The number of ether oxygens (including phenoxy) is 1. The van der Waals surface area contributed by atoms with Crippen molar-refractivity contribution in [3.05, 3.63) is 0 Å². The van der Waals surface area contributed by atoms with Crippen LogP contribution in [0.2, 0.25) is 0 Å². The molecular formula is C21H38N2O4. The summed E-state index contributed by atoms with van der Waals surface area (Å²) in [6.45, 7) is 5.61. The Morgan fingerprint density at radius 2 is 1.48 bits per heavy atom. The first-order valence-electron chi connectivity index (χ1n) is 10.6. The van der Waals surface area contributed by atoms with Gasteiger partial charge in [-0.1, -0.05) is 38.5 Å². The van der Waals surface area contributed by atoms with Gasteiger partial charge in [-0.15, -0.1) is 0 Å². The van der Waals surface area contributed by atoms with Crippen molar-refractivity contribution in [1.29, 1.82) is 0 Å². The van der Waals surface area contributed by atoms with E-state index in [0.717, 1.165) is 19.3 Å². The second-order valence-corrected chi connectivity index (χ2v) is 9.03. The number of hydroxylamine groups is 2. The molecule has 0 aromatic heterocycles. The first-order valence-corrected chi connectivity index (χ1v) is 10.6. The van der Waals surface area contributed by atoms with E-state index in [1.54, 1.807) is 11.9 Å². The molecule has 2 atom stereocenters. The molecule has 0 aromatic carbocycles. The Balaban J connectivity index is 2.22. The lowest BCUT2D eigenvalue weighted by atomic mass is 9.88. The molecule has 1 saturated carbocycles. The summed E-state index contributed by atoms with van der Waals surface area (Å²) >= 11 is 0. The number of rotatable bonds is 3. The van der Waals surface area contributed by atoms with Crippen LogP contribution in [0.3, 0.4) is 0 Å². The number of amides is 2. The van der Waals surface area contributed by atoms with E-state index in [4.69, 9.17) is 9.57 Å². The average Bonchev–Trinajstić information content (AvgIpc) is 3.08. The highest BCUT2D eigenvalue weighted by Crippen LogP contribution is 2.37. The van der Waals surface area contributed by atoms with Gasteiger partial charge in [0.25, 0.3) is 5.91 Å². The van der Waals surface area contributed by atoms with Crippen LogP contribution in [-0.4, -0.2) is 53.8 Å². The van der Waals surface area contributed by atoms with Crippen molar-refractivity contribution in [2.24, 2.45) is 5.92 Å². The number of hydrogen-bond donors (Lipinski definition) is 0. The van der Waals surface area contributed by atoms with Crippen molar-refractivity contribution >= 4 is 12.0 Å². The van der Waals surface area contributed by atoms with Crippen LogP contribution in [0, 0.1) is 5.92 Å². The number of nitrogens with zero attached hydrogens (tertiary/aromatic N) is 2. The maximum atomic E-state index is 13.1. The van der Waals surface area contributed by atoms with E-state index < -0.39 is 11.6 Å². The SMILES string of the molecule is CON(C)C(=O)[C@H]1CC[C@@H](C2CCCCCCCC2)N1C(=O)OC(C)(C)C. The van der Waals surface area contributed by atoms with Crippen molar-refractivity contribution in [1.82, 2.24) is 9.96 Å². The van der Waals surface area contributed by atoms with Crippen LogP contribution in [0.15, 0.2) is 0 Å². The maximum absolute atomic E-state index is 13.1. The Bertz CT molecular complexity index is 493. The van der Waals surface area contributed by atoms with E-state index in [1.165, 1.54) is 50.7 Å². The molecule has 2 fully saturated rings. The zero-order chi connectivity index (χ0) is 20.0. The van der Waals surface area contributed by atoms with Crippen LogP contribution in [0.25, 0.3) is 0 Å². The Hall–Kier alpha value is -1.30. The van der Waals surface area contributed by atoms with Gasteiger partial charge in [0.1, 0.15) is 11.6 Å². The average molecular weight is 383 g/mol. The first-order chi connectivity index (χ1) is 12.7.